The van der Waals surface area contributed by atoms with Crippen molar-refractivity contribution in [1.29, 1.82) is 10.8 Å². The van der Waals surface area contributed by atoms with E-state index >= 15 is 0 Å². The zero-order chi connectivity index (χ0) is 20.8. The minimum atomic E-state index is -0.0433. The van der Waals surface area contributed by atoms with Gasteiger partial charge in [-0.15, -0.1) is 0 Å². The molecule has 0 amide bonds. The van der Waals surface area contributed by atoms with Crippen molar-refractivity contribution in [2.45, 2.75) is 44.6 Å². The number of hydrogen-bond donors (Lipinski definition) is 6. The quantitative estimate of drug-likeness (QED) is 0.282. The first-order valence-electron chi connectivity index (χ1n) is 10.1. The molecule has 3 rings (SSSR count). The molecule has 1 saturated carbocycles. The van der Waals surface area contributed by atoms with Crippen LogP contribution in [-0.2, 0) is 0 Å². The summed E-state index contributed by atoms with van der Waals surface area (Å²) in [5.41, 5.74) is 2.48. The van der Waals surface area contributed by atoms with Crippen LogP contribution in [0.15, 0.2) is 29.0 Å². The number of nitrogens with two attached hydrogens (primary N) is 3. The summed E-state index contributed by atoms with van der Waals surface area (Å²) >= 11 is 1.35. The van der Waals surface area contributed by atoms with E-state index in [-0.39, 0.29) is 12.0 Å². The Labute approximate surface area is 175 Å². The highest BCUT2D eigenvalue weighted by Gasteiger charge is 2.29. The van der Waals surface area contributed by atoms with Gasteiger partial charge in [-0.05, 0) is 18.9 Å². The summed E-state index contributed by atoms with van der Waals surface area (Å²) in [6.07, 6.45) is 9.77. The number of amidine groups is 1. The van der Waals surface area contributed by atoms with Gasteiger partial charge in [-0.2, -0.15) is 4.98 Å². The van der Waals surface area contributed by atoms with Crippen molar-refractivity contribution < 1.29 is 16.0 Å². The number of aliphatic imine (C=N–C) groups is 1. The molecule has 0 bridgehead atoms. The molecule has 0 aromatic carbocycles. The minimum absolute atomic E-state index is 0.0433. The van der Waals surface area contributed by atoms with Gasteiger partial charge in [0.15, 0.2) is 0 Å². The molecule has 1 aromatic rings. The van der Waals surface area contributed by atoms with E-state index in [2.05, 4.69) is 17.2 Å². The van der Waals surface area contributed by atoms with Crippen LogP contribution in [-0.4, -0.2) is 40.7 Å². The van der Waals surface area contributed by atoms with Gasteiger partial charge in [-0.3, -0.25) is 10.4 Å². The molecule has 9 N–H and O–H groups in total. The van der Waals surface area contributed by atoms with Gasteiger partial charge < -0.3 is 16.0 Å². The van der Waals surface area contributed by atoms with Gasteiger partial charge >= 0.3 is 0 Å². The van der Waals surface area contributed by atoms with Crippen molar-refractivity contribution in [3.05, 3.63) is 29.7 Å². The molecule has 0 saturated heterocycles. The van der Waals surface area contributed by atoms with E-state index in [1.807, 2.05) is 36.9 Å². The molecule has 1 aliphatic carbocycles. The third-order valence-electron chi connectivity index (χ3n) is 5.37. The highest BCUT2D eigenvalue weighted by atomic mass is 32.2. The minimum Gasteiger partial charge on any atom is -0.371 e. The average molecular weight is 416 g/mol. The Kier molecular flexibility index (Phi) is 7.29. The molecule has 1 aliphatic heterocycles. The molecule has 0 spiro atoms. The van der Waals surface area contributed by atoms with Crippen molar-refractivity contribution in [2.75, 3.05) is 7.05 Å². The summed E-state index contributed by atoms with van der Waals surface area (Å²) in [4.78, 5) is 9.30. The number of aromatic nitrogens is 1. The van der Waals surface area contributed by atoms with E-state index in [0.29, 0.717) is 11.1 Å². The van der Waals surface area contributed by atoms with Gasteiger partial charge in [0.05, 0.1) is 42.2 Å². The van der Waals surface area contributed by atoms with Crippen molar-refractivity contribution in [1.82, 2.24) is 10.3 Å². The molecule has 1 fully saturated rings. The largest absolute Gasteiger partial charge is 0.371 e. The maximum Gasteiger partial charge on any atom is 0.269 e. The Morgan fingerprint density at radius 1 is 1.34 bits per heavy atom. The fourth-order valence-corrected chi connectivity index (χ4v) is 4.56. The Morgan fingerprint density at radius 3 is 2.79 bits per heavy atom. The number of nitrogens with one attached hydrogen (secondary N) is 3. The Morgan fingerprint density at radius 2 is 2.10 bits per heavy atom. The van der Waals surface area contributed by atoms with E-state index in [1.165, 1.54) is 30.8 Å². The molecule has 9 heteroatoms. The summed E-state index contributed by atoms with van der Waals surface area (Å²) in [5.74, 6) is 1.27. The zero-order valence-electron chi connectivity index (χ0n) is 17.0. The maximum absolute atomic E-state index is 8.30. The Bertz CT molecular complexity index is 841. The summed E-state index contributed by atoms with van der Waals surface area (Å²) in [6.45, 7) is 2.10. The monoisotopic (exact) mass is 415 g/mol. The van der Waals surface area contributed by atoms with Crippen LogP contribution in [0.2, 0.25) is 0 Å². The van der Waals surface area contributed by atoms with Crippen LogP contribution >= 0.6 is 11.8 Å². The van der Waals surface area contributed by atoms with E-state index < -0.39 is 0 Å². The predicted molar refractivity (Wildman–Crippen MR) is 118 cm³/mol. The smallest absolute Gasteiger partial charge is 0.269 e. The topological polar surface area (TPSA) is 144 Å². The number of fused-ring (bicyclic) bond motifs is 1. The van der Waals surface area contributed by atoms with Crippen molar-refractivity contribution in [3.63, 3.8) is 0 Å². The standard InChI is InChI=1S/C20H28N8S/c1-12-16(26-14(9-21)10-24-2)11-25-15-7-8-17(27-18(12)15)28-20(23)29-19(22)13-5-3-4-6-13/h7-13,16,21-22,24,26H,3-6H2,1-2H3,(H2,23,27,28)/p+3/b14-10+,21-9?,22-19?. The van der Waals surface area contributed by atoms with E-state index in [0.717, 1.165) is 40.8 Å². The molecule has 8 nitrogen and oxygen atoms in total. The highest BCUT2D eigenvalue weighted by molar-refractivity contribution is 8.25. The molecule has 0 radical (unpaired) electrons. The number of quaternary nitrogens is 2. The summed E-state index contributed by atoms with van der Waals surface area (Å²) in [7, 11) is 1.92. The van der Waals surface area contributed by atoms with Gasteiger partial charge in [0.25, 0.3) is 5.17 Å². The lowest BCUT2D eigenvalue weighted by molar-refractivity contribution is -0.557. The van der Waals surface area contributed by atoms with Gasteiger partial charge in [-0.25, -0.2) is 10.7 Å². The average Bonchev–Trinajstić information content (AvgIpc) is 3.25. The first-order chi connectivity index (χ1) is 14.0. The lowest BCUT2D eigenvalue weighted by Gasteiger charge is -2.26. The zero-order valence-corrected chi connectivity index (χ0v) is 17.8. The van der Waals surface area contributed by atoms with Crippen molar-refractivity contribution >= 4 is 45.9 Å². The highest BCUT2D eigenvalue weighted by Crippen LogP contribution is 2.32. The first-order valence-corrected chi connectivity index (χ1v) is 10.9. The van der Waals surface area contributed by atoms with Gasteiger partial charge in [0.1, 0.15) is 11.9 Å². The maximum atomic E-state index is 8.30. The molecule has 154 valence electrons. The van der Waals surface area contributed by atoms with E-state index in [9.17, 15) is 0 Å². The number of hydrogen-bond acceptors (Lipinski definition) is 6. The van der Waals surface area contributed by atoms with Crippen LogP contribution < -0.4 is 21.4 Å². The fourth-order valence-electron chi connectivity index (χ4n) is 3.72. The van der Waals surface area contributed by atoms with Gasteiger partial charge in [0, 0.05) is 24.4 Å². The number of pyridine rings is 1. The summed E-state index contributed by atoms with van der Waals surface area (Å²) < 4.78 is 0. The van der Waals surface area contributed by atoms with Gasteiger partial charge in [-0.1, -0.05) is 19.8 Å². The molecule has 1 aromatic heterocycles. The van der Waals surface area contributed by atoms with Gasteiger partial charge in [0.2, 0.25) is 10.9 Å². The van der Waals surface area contributed by atoms with E-state index in [1.54, 1.807) is 5.32 Å². The Hall–Kier alpha value is -2.36. The molecule has 2 aliphatic rings. The molecule has 2 atom stereocenters. The number of rotatable bonds is 6. The SMILES string of the molecule is C[NH2+]/C=C(\C=N)NC1C=Nc2ccc([NH2+]C(=N)SC(=[NH2+])C3CCCC3)nc2C1C. The van der Waals surface area contributed by atoms with E-state index in [4.69, 9.17) is 21.2 Å². The number of thioether (sulfide) groups is 1. The second kappa shape index (κ2) is 9.91. The van der Waals surface area contributed by atoms with Crippen LogP contribution in [0.5, 0.6) is 0 Å². The van der Waals surface area contributed by atoms with Crippen LogP contribution in [0, 0.1) is 16.7 Å². The third-order valence-corrected chi connectivity index (χ3v) is 6.27. The van der Waals surface area contributed by atoms with Crippen LogP contribution in [0.3, 0.4) is 0 Å². The molecule has 29 heavy (non-hydrogen) atoms. The number of nitrogens with zero attached hydrogens (tertiary/aromatic N) is 2. The Balaban J connectivity index is 1.66. The van der Waals surface area contributed by atoms with Crippen LogP contribution in [0.4, 0.5) is 11.5 Å². The normalized spacial score (nSPS) is 21.7. The fraction of sp³-hybridized carbons (Fsp3) is 0.450. The van der Waals surface area contributed by atoms with Crippen LogP contribution in [0.25, 0.3) is 0 Å². The third kappa shape index (κ3) is 5.37. The van der Waals surface area contributed by atoms with Crippen LogP contribution in [0.1, 0.15) is 44.2 Å². The second-order valence-electron chi connectivity index (χ2n) is 7.47. The first kappa shape index (κ1) is 21.4. The van der Waals surface area contributed by atoms with Crippen molar-refractivity contribution in [3.8, 4) is 0 Å². The molecule has 2 heterocycles. The molecular formula is C20H31N8S+3. The molecular weight excluding hydrogens is 384 g/mol. The van der Waals surface area contributed by atoms with Crippen molar-refractivity contribution in [2.24, 2.45) is 10.9 Å². The summed E-state index contributed by atoms with van der Waals surface area (Å²) in [5, 5.41) is 30.3. The second-order valence-corrected chi connectivity index (χ2v) is 8.59. The number of allylic oxidation sites excluding steroid dienone is 1. The lowest BCUT2D eigenvalue weighted by Crippen LogP contribution is -2.81. The summed E-state index contributed by atoms with van der Waals surface area (Å²) in [6, 6.07) is 3.80. The molecule has 2 unspecified atom stereocenters. The predicted octanol–water partition coefficient (Wildman–Crippen LogP) is -0.246. The lowest BCUT2D eigenvalue weighted by atomic mass is 9.94.